The Kier molecular flexibility index (Phi) is 5.59. The van der Waals surface area contributed by atoms with Gasteiger partial charge in [0.15, 0.2) is 0 Å². The van der Waals surface area contributed by atoms with Gasteiger partial charge in [0.05, 0.1) is 5.60 Å². The summed E-state index contributed by atoms with van der Waals surface area (Å²) in [5.74, 6) is 0.364. The van der Waals surface area contributed by atoms with Crippen molar-refractivity contribution in [2.24, 2.45) is 5.92 Å². The molecule has 0 radical (unpaired) electrons. The van der Waals surface area contributed by atoms with E-state index in [0.717, 1.165) is 29.3 Å². The second kappa shape index (κ2) is 7.23. The molecule has 1 aromatic carbocycles. The number of carbonyl (C=O) groups excluding carboxylic acids is 1. The first-order valence-corrected chi connectivity index (χ1v) is 8.20. The average molecular weight is 352 g/mol. The SMILES string of the molecule is CC1CCCC(O)(CNC(=O)C=Cc2ccc(Br)cc2)C1. The molecule has 21 heavy (non-hydrogen) atoms. The molecule has 1 aliphatic carbocycles. The van der Waals surface area contributed by atoms with E-state index in [2.05, 4.69) is 28.2 Å². The largest absolute Gasteiger partial charge is 0.388 e. The van der Waals surface area contributed by atoms with Crippen molar-refractivity contribution in [3.05, 3.63) is 40.4 Å². The summed E-state index contributed by atoms with van der Waals surface area (Å²) in [6.07, 6.45) is 7.02. The van der Waals surface area contributed by atoms with Crippen molar-refractivity contribution in [3.8, 4) is 0 Å². The summed E-state index contributed by atoms with van der Waals surface area (Å²) in [5.41, 5.74) is 0.233. The van der Waals surface area contributed by atoms with E-state index in [0.29, 0.717) is 12.5 Å². The maximum Gasteiger partial charge on any atom is 0.244 e. The van der Waals surface area contributed by atoms with Crippen LogP contribution in [0.5, 0.6) is 0 Å². The van der Waals surface area contributed by atoms with E-state index in [4.69, 9.17) is 0 Å². The first-order chi connectivity index (χ1) is 9.97. The summed E-state index contributed by atoms with van der Waals surface area (Å²) in [5, 5.41) is 13.3. The Balaban J connectivity index is 1.83. The zero-order chi connectivity index (χ0) is 15.3. The number of hydrogen-bond acceptors (Lipinski definition) is 2. The third kappa shape index (κ3) is 5.29. The van der Waals surface area contributed by atoms with Crippen LogP contribution in [0.4, 0.5) is 0 Å². The minimum absolute atomic E-state index is 0.162. The van der Waals surface area contributed by atoms with E-state index in [1.54, 1.807) is 6.08 Å². The fraction of sp³-hybridized carbons (Fsp3) is 0.471. The topological polar surface area (TPSA) is 49.3 Å². The van der Waals surface area contributed by atoms with E-state index < -0.39 is 5.60 Å². The molecular formula is C17H22BrNO2. The molecule has 4 heteroatoms. The molecule has 1 aliphatic rings. The molecule has 0 aromatic heterocycles. The van der Waals surface area contributed by atoms with Gasteiger partial charge in [0.25, 0.3) is 0 Å². The molecule has 0 aliphatic heterocycles. The quantitative estimate of drug-likeness (QED) is 0.815. The van der Waals surface area contributed by atoms with Gasteiger partial charge in [-0.15, -0.1) is 0 Å². The summed E-state index contributed by atoms with van der Waals surface area (Å²) in [6, 6.07) is 7.74. The van der Waals surface area contributed by atoms with Crippen LogP contribution in [-0.4, -0.2) is 23.2 Å². The summed E-state index contributed by atoms with van der Waals surface area (Å²) in [7, 11) is 0. The molecule has 3 nitrogen and oxygen atoms in total. The molecule has 0 heterocycles. The number of hydrogen-bond donors (Lipinski definition) is 2. The number of benzene rings is 1. The van der Waals surface area contributed by atoms with Crippen LogP contribution in [0, 0.1) is 5.92 Å². The molecule has 1 amide bonds. The number of rotatable bonds is 4. The smallest absolute Gasteiger partial charge is 0.244 e. The molecule has 0 bridgehead atoms. The summed E-state index contributed by atoms with van der Waals surface area (Å²) >= 11 is 3.37. The van der Waals surface area contributed by atoms with Crippen molar-refractivity contribution in [3.63, 3.8) is 0 Å². The molecule has 1 fully saturated rings. The standard InChI is InChI=1S/C17H22BrNO2/c1-13-3-2-10-17(21,11-13)12-19-16(20)9-6-14-4-7-15(18)8-5-14/h4-9,13,21H,2-3,10-12H2,1H3,(H,19,20). The average Bonchev–Trinajstić information content (AvgIpc) is 2.44. The monoisotopic (exact) mass is 351 g/mol. The van der Waals surface area contributed by atoms with Gasteiger partial charge in [-0.2, -0.15) is 0 Å². The fourth-order valence-corrected chi connectivity index (χ4v) is 3.11. The number of halogens is 1. The lowest BCUT2D eigenvalue weighted by molar-refractivity contribution is -0.118. The van der Waals surface area contributed by atoms with Crippen LogP contribution in [0.25, 0.3) is 6.08 Å². The minimum Gasteiger partial charge on any atom is -0.388 e. The van der Waals surface area contributed by atoms with Crippen LogP contribution in [0.2, 0.25) is 0 Å². The Bertz CT molecular complexity index is 512. The lowest BCUT2D eigenvalue weighted by atomic mass is 9.79. The molecule has 114 valence electrons. The minimum atomic E-state index is -0.737. The first-order valence-electron chi connectivity index (χ1n) is 7.41. The second-order valence-electron chi connectivity index (χ2n) is 6.03. The molecule has 0 saturated heterocycles. The van der Waals surface area contributed by atoms with Gasteiger partial charge in [0.1, 0.15) is 0 Å². The number of nitrogens with one attached hydrogen (secondary N) is 1. The third-order valence-electron chi connectivity index (χ3n) is 3.96. The van der Waals surface area contributed by atoms with Gasteiger partial charge in [-0.25, -0.2) is 0 Å². The molecular weight excluding hydrogens is 330 g/mol. The van der Waals surface area contributed by atoms with E-state index in [1.165, 1.54) is 12.5 Å². The summed E-state index contributed by atoms with van der Waals surface area (Å²) in [4.78, 5) is 11.8. The highest BCUT2D eigenvalue weighted by atomic mass is 79.9. The van der Waals surface area contributed by atoms with Crippen LogP contribution in [0.3, 0.4) is 0 Å². The van der Waals surface area contributed by atoms with Crippen molar-refractivity contribution in [1.29, 1.82) is 0 Å². The lowest BCUT2D eigenvalue weighted by Crippen LogP contribution is -2.45. The highest BCUT2D eigenvalue weighted by molar-refractivity contribution is 9.10. The van der Waals surface area contributed by atoms with Gasteiger partial charge < -0.3 is 10.4 Å². The Morgan fingerprint density at radius 2 is 2.19 bits per heavy atom. The van der Waals surface area contributed by atoms with E-state index in [9.17, 15) is 9.90 Å². The van der Waals surface area contributed by atoms with Gasteiger partial charge in [-0.3, -0.25) is 4.79 Å². The van der Waals surface area contributed by atoms with E-state index >= 15 is 0 Å². The van der Waals surface area contributed by atoms with Crippen LogP contribution < -0.4 is 5.32 Å². The fourth-order valence-electron chi connectivity index (χ4n) is 2.85. The van der Waals surface area contributed by atoms with Crippen LogP contribution in [0.1, 0.15) is 38.2 Å². The second-order valence-corrected chi connectivity index (χ2v) is 6.94. The zero-order valence-electron chi connectivity index (χ0n) is 12.3. The number of carbonyl (C=O) groups is 1. The highest BCUT2D eigenvalue weighted by Gasteiger charge is 2.32. The van der Waals surface area contributed by atoms with Gasteiger partial charge in [0, 0.05) is 17.1 Å². The molecule has 2 unspecified atom stereocenters. The molecule has 0 spiro atoms. The zero-order valence-corrected chi connectivity index (χ0v) is 13.9. The van der Waals surface area contributed by atoms with E-state index in [-0.39, 0.29) is 5.91 Å². The molecule has 2 N–H and O–H groups in total. The maximum absolute atomic E-state index is 11.8. The number of aliphatic hydroxyl groups is 1. The Morgan fingerprint density at radius 3 is 2.86 bits per heavy atom. The van der Waals surface area contributed by atoms with Crippen molar-refractivity contribution < 1.29 is 9.90 Å². The Hall–Kier alpha value is -1.13. The molecule has 2 atom stereocenters. The van der Waals surface area contributed by atoms with E-state index in [1.807, 2.05) is 24.3 Å². The Labute approximate surface area is 134 Å². The van der Waals surface area contributed by atoms with Gasteiger partial charge in [-0.05, 0) is 42.5 Å². The molecule has 2 rings (SSSR count). The van der Waals surface area contributed by atoms with Crippen LogP contribution in [0.15, 0.2) is 34.8 Å². The molecule has 1 saturated carbocycles. The normalized spacial score (nSPS) is 26.0. The van der Waals surface area contributed by atoms with Crippen molar-refractivity contribution in [2.45, 2.75) is 38.2 Å². The predicted molar refractivity (Wildman–Crippen MR) is 88.8 cm³/mol. The van der Waals surface area contributed by atoms with Crippen molar-refractivity contribution >= 4 is 27.9 Å². The predicted octanol–water partition coefficient (Wildman–Crippen LogP) is 3.52. The summed E-state index contributed by atoms with van der Waals surface area (Å²) in [6.45, 7) is 2.49. The van der Waals surface area contributed by atoms with Gasteiger partial charge >= 0.3 is 0 Å². The maximum atomic E-state index is 11.8. The van der Waals surface area contributed by atoms with Gasteiger partial charge in [0.2, 0.25) is 5.91 Å². The number of amides is 1. The summed E-state index contributed by atoms with van der Waals surface area (Å²) < 4.78 is 1.01. The highest BCUT2D eigenvalue weighted by Crippen LogP contribution is 2.31. The lowest BCUT2D eigenvalue weighted by Gasteiger charge is -2.35. The van der Waals surface area contributed by atoms with Crippen molar-refractivity contribution in [1.82, 2.24) is 5.32 Å². The third-order valence-corrected chi connectivity index (χ3v) is 4.48. The van der Waals surface area contributed by atoms with Crippen molar-refractivity contribution in [2.75, 3.05) is 6.54 Å². The Morgan fingerprint density at radius 1 is 1.48 bits per heavy atom. The first kappa shape index (κ1) is 16.2. The van der Waals surface area contributed by atoms with Crippen LogP contribution >= 0.6 is 15.9 Å². The molecule has 1 aromatic rings. The van der Waals surface area contributed by atoms with Gasteiger partial charge in [-0.1, -0.05) is 47.8 Å². The van der Waals surface area contributed by atoms with Crippen LogP contribution in [-0.2, 0) is 4.79 Å².